The second-order valence-corrected chi connectivity index (χ2v) is 8.36. The Kier molecular flexibility index (Phi) is 12.7. The first-order valence-corrected chi connectivity index (χ1v) is 12.0. The molecule has 33 heavy (non-hydrogen) atoms. The predicted octanol–water partition coefficient (Wildman–Crippen LogP) is 5.63. The van der Waals surface area contributed by atoms with E-state index >= 15 is 0 Å². The van der Waals surface area contributed by atoms with Crippen LogP contribution in [0.3, 0.4) is 0 Å². The van der Waals surface area contributed by atoms with Crippen molar-refractivity contribution < 1.29 is 14.3 Å². The second-order valence-electron chi connectivity index (χ2n) is 7.93. The van der Waals surface area contributed by atoms with Gasteiger partial charge in [-0.05, 0) is 53.9 Å². The van der Waals surface area contributed by atoms with Crippen LogP contribution < -0.4 is 15.5 Å². The van der Waals surface area contributed by atoms with E-state index in [0.29, 0.717) is 18.1 Å². The van der Waals surface area contributed by atoms with Crippen LogP contribution in [0.15, 0.2) is 53.6 Å². The maximum absolute atomic E-state index is 11.8. The van der Waals surface area contributed by atoms with Crippen LogP contribution >= 0.6 is 11.6 Å². The molecule has 2 rings (SSSR count). The van der Waals surface area contributed by atoms with Crippen LogP contribution in [0.4, 0.5) is 0 Å². The lowest BCUT2D eigenvalue weighted by molar-refractivity contribution is -0.126. The van der Waals surface area contributed by atoms with Crippen LogP contribution in [0.2, 0.25) is 5.02 Å². The first kappa shape index (κ1) is 26.4. The third kappa shape index (κ3) is 12.1. The van der Waals surface area contributed by atoms with E-state index in [1.54, 1.807) is 6.21 Å². The third-order valence-corrected chi connectivity index (χ3v) is 5.31. The standard InChI is InChI=1S/C26H34ClN3O3/c1-2-3-4-5-6-7-8-9-25(31)28-19-26(32)30-29-18-21-12-16-24(17-13-21)33-20-22-10-14-23(27)15-11-22/h10-18H,2-9,19-20H2,1H3,(H,28,31)(H,30,32)/b29-18-. The largest absolute Gasteiger partial charge is 0.489 e. The van der Waals surface area contributed by atoms with Gasteiger partial charge in [0.15, 0.2) is 0 Å². The summed E-state index contributed by atoms with van der Waals surface area (Å²) in [5, 5.41) is 7.26. The lowest BCUT2D eigenvalue weighted by Gasteiger charge is -2.06. The van der Waals surface area contributed by atoms with E-state index in [0.717, 1.165) is 36.1 Å². The Morgan fingerprint density at radius 1 is 0.909 bits per heavy atom. The quantitative estimate of drug-likeness (QED) is 0.201. The Bertz CT molecular complexity index is 867. The lowest BCUT2D eigenvalue weighted by atomic mass is 10.1. The molecular formula is C26H34ClN3O3. The number of nitrogens with one attached hydrogen (secondary N) is 2. The second kappa shape index (κ2) is 15.9. The Hall–Kier alpha value is -2.86. The maximum atomic E-state index is 11.8. The molecule has 6 nitrogen and oxygen atoms in total. The molecule has 0 heterocycles. The molecule has 7 heteroatoms. The molecule has 0 saturated carbocycles. The molecule has 0 spiro atoms. The van der Waals surface area contributed by atoms with Gasteiger partial charge >= 0.3 is 0 Å². The van der Waals surface area contributed by atoms with Crippen molar-refractivity contribution in [1.29, 1.82) is 0 Å². The van der Waals surface area contributed by atoms with E-state index in [-0.39, 0.29) is 18.4 Å². The summed E-state index contributed by atoms with van der Waals surface area (Å²) in [7, 11) is 0. The minimum atomic E-state index is -0.359. The zero-order valence-corrected chi connectivity index (χ0v) is 20.1. The highest BCUT2D eigenvalue weighted by molar-refractivity contribution is 6.30. The fourth-order valence-electron chi connectivity index (χ4n) is 3.13. The van der Waals surface area contributed by atoms with E-state index in [4.69, 9.17) is 16.3 Å². The highest BCUT2D eigenvalue weighted by atomic mass is 35.5. The van der Waals surface area contributed by atoms with Crippen molar-refractivity contribution in [2.75, 3.05) is 6.54 Å². The van der Waals surface area contributed by atoms with Gasteiger partial charge in [-0.1, -0.05) is 69.2 Å². The zero-order valence-electron chi connectivity index (χ0n) is 19.3. The number of hydrazone groups is 1. The smallest absolute Gasteiger partial charge is 0.259 e. The van der Waals surface area contributed by atoms with Gasteiger partial charge in [-0.25, -0.2) is 5.43 Å². The molecular weight excluding hydrogens is 438 g/mol. The van der Waals surface area contributed by atoms with Crippen molar-refractivity contribution in [2.24, 2.45) is 5.10 Å². The number of carbonyl (C=O) groups is 2. The minimum Gasteiger partial charge on any atom is -0.489 e. The van der Waals surface area contributed by atoms with Crippen LogP contribution in [-0.4, -0.2) is 24.6 Å². The van der Waals surface area contributed by atoms with Gasteiger partial charge in [0, 0.05) is 11.4 Å². The minimum absolute atomic E-state index is 0.0792. The molecule has 0 aliphatic heterocycles. The number of halogens is 1. The number of ether oxygens (including phenoxy) is 1. The van der Waals surface area contributed by atoms with Gasteiger partial charge in [-0.3, -0.25) is 9.59 Å². The molecule has 178 valence electrons. The van der Waals surface area contributed by atoms with Gasteiger partial charge in [0.1, 0.15) is 12.4 Å². The number of carbonyl (C=O) groups excluding carboxylic acids is 2. The Balaban J connectivity index is 1.58. The molecule has 0 aliphatic carbocycles. The fraction of sp³-hybridized carbons (Fsp3) is 0.423. The first-order chi connectivity index (χ1) is 16.1. The summed E-state index contributed by atoms with van der Waals surface area (Å²) < 4.78 is 5.74. The van der Waals surface area contributed by atoms with Crippen molar-refractivity contribution in [3.05, 3.63) is 64.7 Å². The molecule has 0 unspecified atom stereocenters. The summed E-state index contributed by atoms with van der Waals surface area (Å²) in [6.45, 7) is 2.57. The van der Waals surface area contributed by atoms with E-state index in [1.165, 1.54) is 25.7 Å². The Labute approximate surface area is 201 Å². The molecule has 0 atom stereocenters. The molecule has 2 amide bonds. The highest BCUT2D eigenvalue weighted by Crippen LogP contribution is 2.15. The first-order valence-electron chi connectivity index (χ1n) is 11.6. The van der Waals surface area contributed by atoms with E-state index in [2.05, 4.69) is 22.8 Å². The van der Waals surface area contributed by atoms with E-state index in [9.17, 15) is 9.59 Å². The number of amides is 2. The maximum Gasteiger partial charge on any atom is 0.259 e. The van der Waals surface area contributed by atoms with Gasteiger partial charge < -0.3 is 10.1 Å². The number of hydrogen-bond donors (Lipinski definition) is 2. The van der Waals surface area contributed by atoms with E-state index in [1.807, 2.05) is 48.5 Å². The van der Waals surface area contributed by atoms with Crippen molar-refractivity contribution in [2.45, 2.75) is 64.9 Å². The summed E-state index contributed by atoms with van der Waals surface area (Å²) in [4.78, 5) is 23.7. The fourth-order valence-corrected chi connectivity index (χ4v) is 3.25. The van der Waals surface area contributed by atoms with Crippen LogP contribution in [0, 0.1) is 0 Å². The Morgan fingerprint density at radius 2 is 1.58 bits per heavy atom. The monoisotopic (exact) mass is 471 g/mol. The Morgan fingerprint density at radius 3 is 2.27 bits per heavy atom. The summed E-state index contributed by atoms with van der Waals surface area (Å²) in [5.74, 6) is 0.272. The number of benzene rings is 2. The van der Waals surface area contributed by atoms with Gasteiger partial charge in [0.25, 0.3) is 5.91 Å². The SMILES string of the molecule is CCCCCCCCCC(=O)NCC(=O)N/N=C\c1ccc(OCc2ccc(Cl)cc2)cc1. The average molecular weight is 472 g/mol. The van der Waals surface area contributed by atoms with Crippen molar-refractivity contribution in [3.63, 3.8) is 0 Å². The summed E-state index contributed by atoms with van der Waals surface area (Å²) in [6.07, 6.45) is 10.1. The number of hydrogen-bond acceptors (Lipinski definition) is 4. The number of rotatable bonds is 15. The van der Waals surface area contributed by atoms with Crippen molar-refractivity contribution in [3.8, 4) is 5.75 Å². The highest BCUT2D eigenvalue weighted by Gasteiger charge is 2.04. The molecule has 0 aromatic heterocycles. The van der Waals surface area contributed by atoms with Gasteiger partial charge in [-0.15, -0.1) is 0 Å². The van der Waals surface area contributed by atoms with Gasteiger partial charge in [0.2, 0.25) is 5.91 Å². The molecule has 0 radical (unpaired) electrons. The van der Waals surface area contributed by atoms with Crippen LogP contribution in [-0.2, 0) is 16.2 Å². The predicted molar refractivity (Wildman–Crippen MR) is 134 cm³/mol. The normalized spacial score (nSPS) is 10.8. The molecule has 2 aromatic rings. The zero-order chi connectivity index (χ0) is 23.7. The molecule has 0 aliphatic rings. The van der Waals surface area contributed by atoms with Gasteiger partial charge in [0.05, 0.1) is 12.8 Å². The topological polar surface area (TPSA) is 79.8 Å². The van der Waals surface area contributed by atoms with Crippen LogP contribution in [0.25, 0.3) is 0 Å². The summed E-state index contributed by atoms with van der Waals surface area (Å²) in [5.41, 5.74) is 4.27. The van der Waals surface area contributed by atoms with Gasteiger partial charge in [-0.2, -0.15) is 5.10 Å². The average Bonchev–Trinajstić information content (AvgIpc) is 2.82. The van der Waals surface area contributed by atoms with Crippen molar-refractivity contribution >= 4 is 29.6 Å². The van der Waals surface area contributed by atoms with Crippen molar-refractivity contribution in [1.82, 2.24) is 10.7 Å². The molecule has 2 aromatic carbocycles. The van der Waals surface area contributed by atoms with Crippen LogP contribution in [0.1, 0.15) is 69.4 Å². The summed E-state index contributed by atoms with van der Waals surface area (Å²) >= 11 is 5.88. The molecule has 0 fully saturated rings. The molecule has 2 N–H and O–H groups in total. The van der Waals surface area contributed by atoms with Crippen LogP contribution in [0.5, 0.6) is 5.75 Å². The molecule has 0 bridgehead atoms. The third-order valence-electron chi connectivity index (χ3n) is 5.06. The lowest BCUT2D eigenvalue weighted by Crippen LogP contribution is -2.34. The number of unbranched alkanes of at least 4 members (excludes halogenated alkanes) is 6. The summed E-state index contributed by atoms with van der Waals surface area (Å²) in [6, 6.07) is 14.9. The number of nitrogens with zero attached hydrogens (tertiary/aromatic N) is 1. The van der Waals surface area contributed by atoms with E-state index < -0.39 is 0 Å². The molecule has 0 saturated heterocycles.